The number of thioether (sulfide) groups is 1. The number of amides is 2. The van der Waals surface area contributed by atoms with Crippen molar-refractivity contribution < 1.29 is 19.5 Å². The molecule has 0 fully saturated rings. The number of aliphatic carboxylic acids is 1. The Labute approximate surface area is 234 Å². The van der Waals surface area contributed by atoms with Gasteiger partial charge in [0.15, 0.2) is 5.13 Å². The molecule has 0 saturated carbocycles. The van der Waals surface area contributed by atoms with Gasteiger partial charge in [-0.2, -0.15) is 0 Å². The third kappa shape index (κ3) is 6.38. The van der Waals surface area contributed by atoms with Gasteiger partial charge >= 0.3 is 5.97 Å². The fraction of sp³-hybridized carbons (Fsp3) is 0.200. The third-order valence-electron chi connectivity index (χ3n) is 6.67. The van der Waals surface area contributed by atoms with Gasteiger partial charge in [-0.05, 0) is 60.9 Å². The summed E-state index contributed by atoms with van der Waals surface area (Å²) in [5.74, 6) is -2.72. The first-order valence-corrected chi connectivity index (χ1v) is 14.3. The first-order valence-electron chi connectivity index (χ1n) is 12.6. The number of benzene rings is 3. The molecule has 3 N–H and O–H groups in total. The molecule has 0 spiro atoms. The number of aromatic nitrogens is 1. The van der Waals surface area contributed by atoms with E-state index in [4.69, 9.17) is 0 Å². The molecule has 7 nitrogen and oxygen atoms in total. The molecule has 39 heavy (non-hydrogen) atoms. The highest BCUT2D eigenvalue weighted by atomic mass is 32.2. The lowest BCUT2D eigenvalue weighted by atomic mass is 9.82. The number of carbonyl (C=O) groups excluding carboxylic acids is 2. The Bertz CT molecular complexity index is 1550. The van der Waals surface area contributed by atoms with Crippen LogP contribution in [0.1, 0.15) is 19.8 Å². The van der Waals surface area contributed by atoms with Crippen molar-refractivity contribution in [3.63, 3.8) is 0 Å². The minimum atomic E-state index is -0.957. The smallest absolute Gasteiger partial charge is 0.307 e. The van der Waals surface area contributed by atoms with Crippen LogP contribution in [-0.2, 0) is 14.4 Å². The standard InChI is InChI=1S/C30H27N3O4S2/c1-18(27(34)33-30-32-26(17-38-30)21-11-10-19-6-2-3-7-20(19)16-21)39-23-14-12-22(13-15-23)31-28(35)24-8-4-5-9-25(24)29(36)37/h2-7,10-18,24-25H,8-9H2,1H3,(H,31,35)(H,36,37)(H,32,33,34). The Morgan fingerprint density at radius 1 is 0.949 bits per heavy atom. The van der Waals surface area contributed by atoms with Crippen LogP contribution in [0.5, 0.6) is 0 Å². The van der Waals surface area contributed by atoms with Crippen LogP contribution in [0.25, 0.3) is 22.0 Å². The van der Waals surface area contributed by atoms with E-state index in [0.29, 0.717) is 23.7 Å². The molecule has 1 heterocycles. The van der Waals surface area contributed by atoms with Gasteiger partial charge in [-0.15, -0.1) is 23.1 Å². The summed E-state index contributed by atoms with van der Waals surface area (Å²) in [5.41, 5.74) is 2.40. The van der Waals surface area contributed by atoms with Gasteiger partial charge in [-0.1, -0.05) is 48.6 Å². The second kappa shape index (κ2) is 11.8. The number of rotatable bonds is 8. The predicted molar refractivity (Wildman–Crippen MR) is 157 cm³/mol. The Morgan fingerprint density at radius 3 is 2.41 bits per heavy atom. The highest BCUT2D eigenvalue weighted by molar-refractivity contribution is 8.00. The number of hydrogen-bond acceptors (Lipinski definition) is 6. The molecule has 9 heteroatoms. The van der Waals surface area contributed by atoms with Crippen molar-refractivity contribution in [3.05, 3.63) is 84.3 Å². The second-order valence-corrected chi connectivity index (χ2v) is 11.6. The highest BCUT2D eigenvalue weighted by Gasteiger charge is 2.34. The first kappa shape index (κ1) is 26.6. The van der Waals surface area contributed by atoms with E-state index in [1.807, 2.05) is 54.8 Å². The van der Waals surface area contributed by atoms with Gasteiger partial charge in [-0.25, -0.2) is 4.98 Å². The van der Waals surface area contributed by atoms with E-state index in [2.05, 4.69) is 39.9 Å². The zero-order chi connectivity index (χ0) is 27.4. The number of nitrogens with zero attached hydrogens (tertiary/aromatic N) is 1. The van der Waals surface area contributed by atoms with Crippen LogP contribution in [-0.4, -0.2) is 33.1 Å². The van der Waals surface area contributed by atoms with Gasteiger partial charge in [-0.3, -0.25) is 14.4 Å². The molecule has 1 aliphatic carbocycles. The summed E-state index contributed by atoms with van der Waals surface area (Å²) in [6.07, 6.45) is 4.43. The topological polar surface area (TPSA) is 108 Å². The molecule has 3 atom stereocenters. The predicted octanol–water partition coefficient (Wildman–Crippen LogP) is 6.69. The number of thiazole rings is 1. The van der Waals surface area contributed by atoms with Gasteiger partial charge in [0.2, 0.25) is 11.8 Å². The van der Waals surface area contributed by atoms with Crippen molar-refractivity contribution in [2.24, 2.45) is 11.8 Å². The molecule has 3 aromatic carbocycles. The minimum Gasteiger partial charge on any atom is -0.481 e. The summed E-state index contributed by atoms with van der Waals surface area (Å²) in [5, 5.41) is 19.6. The third-order valence-corrected chi connectivity index (χ3v) is 8.54. The summed E-state index contributed by atoms with van der Waals surface area (Å²) in [6.45, 7) is 1.83. The Kier molecular flexibility index (Phi) is 8.09. The lowest BCUT2D eigenvalue weighted by Crippen LogP contribution is -2.34. The van der Waals surface area contributed by atoms with Crippen molar-refractivity contribution in [3.8, 4) is 11.3 Å². The van der Waals surface area contributed by atoms with Crippen LogP contribution < -0.4 is 10.6 Å². The molecule has 2 amide bonds. The van der Waals surface area contributed by atoms with Crippen LogP contribution in [0.4, 0.5) is 10.8 Å². The number of fused-ring (bicyclic) bond motifs is 1. The Hall–Kier alpha value is -3.95. The summed E-state index contributed by atoms with van der Waals surface area (Å²) < 4.78 is 0. The average molecular weight is 558 g/mol. The van der Waals surface area contributed by atoms with E-state index < -0.39 is 17.8 Å². The van der Waals surface area contributed by atoms with Crippen molar-refractivity contribution in [2.75, 3.05) is 10.6 Å². The van der Waals surface area contributed by atoms with Gasteiger partial charge in [0.25, 0.3) is 0 Å². The molecule has 0 bridgehead atoms. The van der Waals surface area contributed by atoms with Crippen molar-refractivity contribution in [1.82, 2.24) is 4.98 Å². The summed E-state index contributed by atoms with van der Waals surface area (Å²) in [7, 11) is 0. The minimum absolute atomic E-state index is 0.151. The maximum Gasteiger partial charge on any atom is 0.307 e. The first-order chi connectivity index (χ1) is 18.9. The molecule has 0 radical (unpaired) electrons. The SMILES string of the molecule is CC(Sc1ccc(NC(=O)C2CC=CCC2C(=O)O)cc1)C(=O)Nc1nc(-c2ccc3ccccc3c2)cs1. The number of hydrogen-bond donors (Lipinski definition) is 3. The maximum atomic E-state index is 12.8. The monoisotopic (exact) mass is 557 g/mol. The number of nitrogens with one attached hydrogen (secondary N) is 2. The molecule has 198 valence electrons. The molecular formula is C30H27N3O4S2. The van der Waals surface area contributed by atoms with Gasteiger partial charge in [0.05, 0.1) is 22.8 Å². The quantitative estimate of drug-likeness (QED) is 0.165. The van der Waals surface area contributed by atoms with Crippen LogP contribution in [0, 0.1) is 11.8 Å². The Balaban J connectivity index is 1.16. The van der Waals surface area contributed by atoms with E-state index in [-0.39, 0.29) is 17.1 Å². The van der Waals surface area contributed by atoms with Gasteiger partial charge < -0.3 is 15.7 Å². The van der Waals surface area contributed by atoms with E-state index in [9.17, 15) is 19.5 Å². The maximum absolute atomic E-state index is 12.8. The zero-order valence-corrected chi connectivity index (χ0v) is 22.8. The van der Waals surface area contributed by atoms with Crippen LogP contribution in [0.2, 0.25) is 0 Å². The lowest BCUT2D eigenvalue weighted by Gasteiger charge is -2.24. The highest BCUT2D eigenvalue weighted by Crippen LogP contribution is 2.31. The van der Waals surface area contributed by atoms with Crippen LogP contribution >= 0.6 is 23.1 Å². The molecule has 3 unspecified atom stereocenters. The van der Waals surface area contributed by atoms with Crippen molar-refractivity contribution in [1.29, 1.82) is 0 Å². The Morgan fingerprint density at radius 2 is 1.67 bits per heavy atom. The molecule has 1 aliphatic rings. The largest absolute Gasteiger partial charge is 0.481 e. The molecule has 0 aliphatic heterocycles. The second-order valence-electron chi connectivity index (χ2n) is 9.36. The summed E-state index contributed by atoms with van der Waals surface area (Å²) in [6, 6.07) is 21.5. The van der Waals surface area contributed by atoms with Crippen LogP contribution in [0.3, 0.4) is 0 Å². The molecular weight excluding hydrogens is 530 g/mol. The van der Waals surface area contributed by atoms with Gasteiger partial charge in [0.1, 0.15) is 0 Å². The van der Waals surface area contributed by atoms with Crippen LogP contribution in [0.15, 0.2) is 89.2 Å². The summed E-state index contributed by atoms with van der Waals surface area (Å²) >= 11 is 2.79. The number of allylic oxidation sites excluding steroid dienone is 2. The normalized spacial score (nSPS) is 17.5. The van der Waals surface area contributed by atoms with Gasteiger partial charge in [0, 0.05) is 21.5 Å². The zero-order valence-electron chi connectivity index (χ0n) is 21.2. The molecule has 5 rings (SSSR count). The van der Waals surface area contributed by atoms with E-state index in [1.165, 1.54) is 28.5 Å². The number of carboxylic acids is 1. The average Bonchev–Trinajstić information content (AvgIpc) is 3.42. The molecule has 0 saturated heterocycles. The van der Waals surface area contributed by atoms with Crippen molar-refractivity contribution in [2.45, 2.75) is 29.9 Å². The molecule has 1 aromatic heterocycles. The fourth-order valence-corrected chi connectivity index (χ4v) is 6.10. The fourth-order valence-electron chi connectivity index (χ4n) is 4.51. The van der Waals surface area contributed by atoms with E-state index in [1.54, 1.807) is 12.1 Å². The number of carboxylic acid groups (broad SMARTS) is 1. The number of anilines is 2. The van der Waals surface area contributed by atoms with Crippen molar-refractivity contribution >= 4 is 62.5 Å². The molecule has 4 aromatic rings. The lowest BCUT2D eigenvalue weighted by molar-refractivity contribution is -0.146. The summed E-state index contributed by atoms with van der Waals surface area (Å²) in [4.78, 5) is 42.5. The number of carbonyl (C=O) groups is 3. The van der Waals surface area contributed by atoms with E-state index >= 15 is 0 Å². The van der Waals surface area contributed by atoms with E-state index in [0.717, 1.165) is 21.5 Å².